The maximum absolute atomic E-state index is 9.70. The Hall–Kier alpha value is -1.32. The van der Waals surface area contributed by atoms with Crippen LogP contribution in [0.4, 0.5) is 11.4 Å². The summed E-state index contributed by atoms with van der Waals surface area (Å²) in [6.07, 6.45) is 1.88. The van der Waals surface area contributed by atoms with Gasteiger partial charge in [-0.2, -0.15) is 0 Å². The van der Waals surface area contributed by atoms with Crippen LogP contribution < -0.4 is 4.90 Å². The molecule has 0 unspecified atom stereocenters. The molecule has 0 saturated carbocycles. The van der Waals surface area contributed by atoms with E-state index in [1.165, 1.54) is 28.9 Å². The zero-order valence-electron chi connectivity index (χ0n) is 12.4. The second-order valence-corrected chi connectivity index (χ2v) is 6.63. The lowest BCUT2D eigenvalue weighted by Gasteiger charge is -2.32. The lowest BCUT2D eigenvalue weighted by molar-refractivity contribution is 0.199. The van der Waals surface area contributed by atoms with E-state index in [4.69, 9.17) is 0 Å². The molecule has 2 aromatic carbocycles. The lowest BCUT2D eigenvalue weighted by atomic mass is 9.98. The molecular formula is C18H20BrNO. The molecular weight excluding hydrogens is 326 g/mol. The maximum atomic E-state index is 9.70. The Morgan fingerprint density at radius 3 is 2.62 bits per heavy atom. The summed E-state index contributed by atoms with van der Waals surface area (Å²) in [5.41, 5.74) is 6.15. The van der Waals surface area contributed by atoms with Crippen molar-refractivity contribution in [3.63, 3.8) is 0 Å². The van der Waals surface area contributed by atoms with E-state index < -0.39 is 6.10 Å². The summed E-state index contributed by atoms with van der Waals surface area (Å²) in [6, 6.07) is 12.8. The highest BCUT2D eigenvalue weighted by atomic mass is 79.9. The zero-order chi connectivity index (χ0) is 15.0. The van der Waals surface area contributed by atoms with Crippen molar-refractivity contribution in [1.82, 2.24) is 0 Å². The number of hydrogen-bond acceptors (Lipinski definition) is 2. The highest BCUT2D eigenvalue weighted by molar-refractivity contribution is 9.10. The zero-order valence-corrected chi connectivity index (χ0v) is 14.0. The number of aliphatic hydroxyl groups excluding tert-OH is 1. The normalized spacial score (nSPS) is 15.7. The maximum Gasteiger partial charge on any atom is 0.0762 e. The second kappa shape index (κ2) is 5.82. The van der Waals surface area contributed by atoms with E-state index in [0.717, 1.165) is 23.0 Å². The van der Waals surface area contributed by atoms with Crippen molar-refractivity contribution in [2.75, 3.05) is 11.4 Å². The topological polar surface area (TPSA) is 23.5 Å². The number of halogens is 1. The molecule has 2 nitrogen and oxygen atoms in total. The number of benzene rings is 2. The summed E-state index contributed by atoms with van der Waals surface area (Å²) in [5, 5.41) is 9.70. The Kier molecular flexibility index (Phi) is 4.05. The molecule has 21 heavy (non-hydrogen) atoms. The minimum Gasteiger partial charge on any atom is -0.389 e. The van der Waals surface area contributed by atoms with Crippen molar-refractivity contribution < 1.29 is 5.11 Å². The van der Waals surface area contributed by atoms with Gasteiger partial charge in [0.05, 0.1) is 11.8 Å². The fourth-order valence-electron chi connectivity index (χ4n) is 2.98. The van der Waals surface area contributed by atoms with Crippen LogP contribution in [-0.4, -0.2) is 11.7 Å². The van der Waals surface area contributed by atoms with Crippen molar-refractivity contribution in [2.24, 2.45) is 0 Å². The van der Waals surface area contributed by atoms with Crippen LogP contribution in [0.1, 0.15) is 36.1 Å². The number of anilines is 2. The van der Waals surface area contributed by atoms with Gasteiger partial charge < -0.3 is 10.0 Å². The van der Waals surface area contributed by atoms with Gasteiger partial charge in [0.15, 0.2) is 0 Å². The Morgan fingerprint density at radius 2 is 1.90 bits per heavy atom. The number of hydrogen-bond donors (Lipinski definition) is 1. The molecule has 0 aromatic heterocycles. The Labute approximate surface area is 134 Å². The fraction of sp³-hybridized carbons (Fsp3) is 0.333. The monoisotopic (exact) mass is 345 g/mol. The first kappa shape index (κ1) is 14.6. The Balaban J connectivity index is 2.03. The van der Waals surface area contributed by atoms with Crippen molar-refractivity contribution in [2.45, 2.75) is 32.8 Å². The number of aryl methyl sites for hydroxylation is 2. The molecule has 2 aromatic rings. The molecule has 3 rings (SSSR count). The van der Waals surface area contributed by atoms with Gasteiger partial charge in [0.1, 0.15) is 0 Å². The molecule has 0 bridgehead atoms. The van der Waals surface area contributed by atoms with E-state index in [2.05, 4.69) is 52.0 Å². The Bertz CT molecular complexity index is 666. The number of nitrogens with zero attached hydrogens (tertiary/aromatic N) is 1. The highest BCUT2D eigenvalue weighted by Gasteiger charge is 2.20. The number of rotatable bonds is 2. The summed E-state index contributed by atoms with van der Waals surface area (Å²) in [6.45, 7) is 4.97. The average Bonchev–Trinajstić information content (AvgIpc) is 2.46. The van der Waals surface area contributed by atoms with Gasteiger partial charge in [-0.1, -0.05) is 23.8 Å². The molecule has 0 spiro atoms. The van der Waals surface area contributed by atoms with Crippen LogP contribution in [0.3, 0.4) is 0 Å². The molecule has 1 N–H and O–H groups in total. The van der Waals surface area contributed by atoms with Crippen molar-refractivity contribution >= 4 is 27.3 Å². The van der Waals surface area contributed by atoms with Crippen molar-refractivity contribution in [3.05, 3.63) is 57.6 Å². The van der Waals surface area contributed by atoms with Gasteiger partial charge in [-0.05, 0) is 71.9 Å². The molecule has 0 amide bonds. The standard InChI is InChI=1S/C18H20BrNO/c1-12-5-7-17-15(10-12)4-3-9-20(17)18-8-6-14(13(2)21)11-16(18)19/h5-8,10-11,13,21H,3-4,9H2,1-2H3/t13-/m1/s1. The van der Waals surface area contributed by atoms with Gasteiger partial charge in [0.25, 0.3) is 0 Å². The summed E-state index contributed by atoms with van der Waals surface area (Å²) in [7, 11) is 0. The van der Waals surface area contributed by atoms with Gasteiger partial charge in [-0.3, -0.25) is 0 Å². The van der Waals surface area contributed by atoms with E-state index in [0.29, 0.717) is 0 Å². The first-order valence-electron chi connectivity index (χ1n) is 7.41. The summed E-state index contributed by atoms with van der Waals surface area (Å²) >= 11 is 3.66. The van der Waals surface area contributed by atoms with Crippen LogP contribution in [0.5, 0.6) is 0 Å². The summed E-state index contributed by atoms with van der Waals surface area (Å²) < 4.78 is 1.04. The first-order chi connectivity index (χ1) is 10.1. The predicted octanol–water partition coefficient (Wildman–Crippen LogP) is 4.90. The molecule has 1 atom stereocenters. The van der Waals surface area contributed by atoms with Crippen LogP contribution in [0.15, 0.2) is 40.9 Å². The van der Waals surface area contributed by atoms with E-state index in [1.54, 1.807) is 6.92 Å². The van der Waals surface area contributed by atoms with Crippen LogP contribution in [0, 0.1) is 6.92 Å². The molecule has 1 heterocycles. The smallest absolute Gasteiger partial charge is 0.0762 e. The van der Waals surface area contributed by atoms with Crippen LogP contribution in [-0.2, 0) is 6.42 Å². The molecule has 110 valence electrons. The molecule has 0 saturated heterocycles. The third-order valence-electron chi connectivity index (χ3n) is 4.10. The van der Waals surface area contributed by atoms with Gasteiger partial charge in [-0.15, -0.1) is 0 Å². The predicted molar refractivity (Wildman–Crippen MR) is 91.3 cm³/mol. The molecule has 3 heteroatoms. The van der Waals surface area contributed by atoms with E-state index >= 15 is 0 Å². The number of fused-ring (bicyclic) bond motifs is 1. The van der Waals surface area contributed by atoms with Crippen LogP contribution in [0.2, 0.25) is 0 Å². The summed E-state index contributed by atoms with van der Waals surface area (Å²) in [4.78, 5) is 2.37. The third kappa shape index (κ3) is 2.85. The molecule has 0 radical (unpaired) electrons. The lowest BCUT2D eigenvalue weighted by Crippen LogP contribution is -2.24. The molecule has 0 aliphatic carbocycles. The minimum atomic E-state index is -0.438. The highest BCUT2D eigenvalue weighted by Crippen LogP contribution is 2.38. The largest absolute Gasteiger partial charge is 0.389 e. The van der Waals surface area contributed by atoms with E-state index in [1.807, 2.05) is 12.1 Å². The average molecular weight is 346 g/mol. The van der Waals surface area contributed by atoms with Crippen molar-refractivity contribution in [3.8, 4) is 0 Å². The summed E-state index contributed by atoms with van der Waals surface area (Å²) in [5.74, 6) is 0. The third-order valence-corrected chi connectivity index (χ3v) is 4.73. The van der Waals surface area contributed by atoms with Crippen LogP contribution >= 0.6 is 15.9 Å². The molecule has 1 aliphatic heterocycles. The van der Waals surface area contributed by atoms with Crippen molar-refractivity contribution in [1.29, 1.82) is 0 Å². The van der Waals surface area contributed by atoms with Gasteiger partial charge in [0, 0.05) is 16.7 Å². The van der Waals surface area contributed by atoms with E-state index in [-0.39, 0.29) is 0 Å². The molecule has 0 fully saturated rings. The molecule has 1 aliphatic rings. The second-order valence-electron chi connectivity index (χ2n) is 5.77. The quantitative estimate of drug-likeness (QED) is 0.836. The van der Waals surface area contributed by atoms with Crippen LogP contribution in [0.25, 0.3) is 0 Å². The van der Waals surface area contributed by atoms with Gasteiger partial charge in [0.2, 0.25) is 0 Å². The fourth-order valence-corrected chi connectivity index (χ4v) is 3.59. The SMILES string of the molecule is Cc1ccc2c(c1)CCCN2c1ccc([C@@H](C)O)cc1Br. The van der Waals surface area contributed by atoms with Gasteiger partial charge in [-0.25, -0.2) is 0 Å². The van der Waals surface area contributed by atoms with E-state index in [9.17, 15) is 5.11 Å². The minimum absolute atomic E-state index is 0.438. The van der Waals surface area contributed by atoms with Gasteiger partial charge >= 0.3 is 0 Å². The number of aliphatic hydroxyl groups is 1. The Morgan fingerprint density at radius 1 is 1.14 bits per heavy atom. The first-order valence-corrected chi connectivity index (χ1v) is 8.20.